The molecule has 5 aliphatic heterocycles. The van der Waals surface area contributed by atoms with Gasteiger partial charge in [0, 0.05) is 18.5 Å². The van der Waals surface area contributed by atoms with Crippen LogP contribution in [-0.2, 0) is 4.74 Å². The fourth-order valence-electron chi connectivity index (χ4n) is 5.46. The molecule has 1 aromatic rings. The summed E-state index contributed by atoms with van der Waals surface area (Å²) in [5, 5.41) is 0. The van der Waals surface area contributed by atoms with Crippen molar-refractivity contribution in [1.29, 1.82) is 0 Å². The Labute approximate surface area is 160 Å². The molecule has 2 bridgehead atoms. The number of amides is 1. The Morgan fingerprint density at radius 2 is 2.00 bits per heavy atom. The van der Waals surface area contributed by atoms with E-state index in [1.54, 1.807) is 0 Å². The second-order valence-electron chi connectivity index (χ2n) is 8.19. The third-order valence-corrected chi connectivity index (χ3v) is 6.78. The SMILES string of the molecule is CCCCOC(=O)N1C[C@H](c2ccc3c(c2)OCO3)[C@H]2[C@@H]1C1CCN2CC1. The van der Waals surface area contributed by atoms with Crippen LogP contribution < -0.4 is 9.47 Å². The number of piperidine rings is 3. The van der Waals surface area contributed by atoms with Crippen LogP contribution in [0.15, 0.2) is 18.2 Å². The zero-order valence-electron chi connectivity index (χ0n) is 15.9. The van der Waals surface area contributed by atoms with Crippen LogP contribution in [0, 0.1) is 5.92 Å². The van der Waals surface area contributed by atoms with Gasteiger partial charge >= 0.3 is 6.09 Å². The summed E-state index contributed by atoms with van der Waals surface area (Å²) in [6, 6.07) is 6.92. The number of carbonyl (C=O) groups excluding carboxylic acids is 1. The molecule has 0 N–H and O–H groups in total. The molecule has 0 aromatic heterocycles. The van der Waals surface area contributed by atoms with Gasteiger partial charge in [0.1, 0.15) is 0 Å². The van der Waals surface area contributed by atoms with Crippen molar-refractivity contribution >= 4 is 6.09 Å². The van der Waals surface area contributed by atoms with Crippen LogP contribution in [0.3, 0.4) is 0 Å². The average molecular weight is 372 g/mol. The van der Waals surface area contributed by atoms with E-state index < -0.39 is 0 Å². The summed E-state index contributed by atoms with van der Waals surface area (Å²) >= 11 is 0. The highest BCUT2D eigenvalue weighted by Gasteiger charge is 2.55. The zero-order valence-corrected chi connectivity index (χ0v) is 15.9. The fraction of sp³-hybridized carbons (Fsp3) is 0.667. The van der Waals surface area contributed by atoms with E-state index in [-0.39, 0.29) is 12.1 Å². The standard InChI is InChI=1S/C21H28N2O4/c1-2-3-10-25-21(24)23-12-16(15-4-5-17-18(11-15)27-13-26-17)20-19(23)14-6-8-22(20)9-7-14/h4-5,11,14,16,19-20H,2-3,6-10,12-13H2,1H3/t16-,19+,20+/m1/s1. The number of hydrogen-bond acceptors (Lipinski definition) is 5. The molecule has 27 heavy (non-hydrogen) atoms. The van der Waals surface area contributed by atoms with Crippen molar-refractivity contribution in [3.63, 3.8) is 0 Å². The van der Waals surface area contributed by atoms with Gasteiger partial charge < -0.3 is 19.1 Å². The lowest BCUT2D eigenvalue weighted by atomic mass is 9.75. The number of unbranched alkanes of at least 4 members (excludes halogenated alkanes) is 1. The minimum atomic E-state index is -0.129. The molecule has 4 fully saturated rings. The van der Waals surface area contributed by atoms with E-state index in [2.05, 4.69) is 24.0 Å². The van der Waals surface area contributed by atoms with Gasteiger partial charge in [0.2, 0.25) is 6.79 Å². The first-order valence-electron chi connectivity index (χ1n) is 10.3. The predicted octanol–water partition coefficient (Wildman–Crippen LogP) is 3.21. The Morgan fingerprint density at radius 1 is 1.19 bits per heavy atom. The molecule has 4 saturated heterocycles. The van der Waals surface area contributed by atoms with Crippen molar-refractivity contribution in [2.24, 2.45) is 5.92 Å². The van der Waals surface area contributed by atoms with Crippen LogP contribution in [0.4, 0.5) is 4.79 Å². The van der Waals surface area contributed by atoms with Gasteiger partial charge in [0.15, 0.2) is 11.5 Å². The van der Waals surface area contributed by atoms with Gasteiger partial charge in [-0.3, -0.25) is 4.90 Å². The van der Waals surface area contributed by atoms with Crippen LogP contribution >= 0.6 is 0 Å². The summed E-state index contributed by atoms with van der Waals surface area (Å²) in [7, 11) is 0. The fourth-order valence-corrected chi connectivity index (χ4v) is 5.46. The minimum Gasteiger partial charge on any atom is -0.454 e. The molecule has 0 aliphatic carbocycles. The zero-order chi connectivity index (χ0) is 18.4. The van der Waals surface area contributed by atoms with Gasteiger partial charge in [0.25, 0.3) is 0 Å². The first-order valence-corrected chi connectivity index (χ1v) is 10.3. The molecule has 3 atom stereocenters. The number of likely N-dealkylation sites (tertiary alicyclic amines) is 1. The van der Waals surface area contributed by atoms with E-state index in [0.717, 1.165) is 44.0 Å². The molecule has 0 spiro atoms. The van der Waals surface area contributed by atoms with Gasteiger partial charge in [-0.15, -0.1) is 0 Å². The number of carbonyl (C=O) groups is 1. The number of rotatable bonds is 4. The maximum absolute atomic E-state index is 12.9. The molecule has 0 radical (unpaired) electrons. The smallest absolute Gasteiger partial charge is 0.410 e. The van der Waals surface area contributed by atoms with Gasteiger partial charge in [-0.2, -0.15) is 0 Å². The molecule has 6 heteroatoms. The summed E-state index contributed by atoms with van der Waals surface area (Å²) in [5.74, 6) is 2.53. The number of fused-ring (bicyclic) bond motifs is 3. The van der Waals surface area contributed by atoms with Crippen molar-refractivity contribution in [3.05, 3.63) is 23.8 Å². The van der Waals surface area contributed by atoms with E-state index in [4.69, 9.17) is 14.2 Å². The Bertz CT molecular complexity index is 716. The van der Waals surface area contributed by atoms with Crippen LogP contribution in [0.5, 0.6) is 11.5 Å². The highest BCUT2D eigenvalue weighted by Crippen LogP contribution is 2.48. The summed E-state index contributed by atoms with van der Waals surface area (Å²) in [6.45, 7) is 5.94. The van der Waals surface area contributed by atoms with Crippen molar-refractivity contribution in [2.75, 3.05) is 33.0 Å². The molecule has 6 rings (SSSR count). The van der Waals surface area contributed by atoms with Crippen molar-refractivity contribution in [2.45, 2.75) is 50.6 Å². The van der Waals surface area contributed by atoms with Crippen LogP contribution in [0.1, 0.15) is 44.1 Å². The summed E-state index contributed by atoms with van der Waals surface area (Å²) in [4.78, 5) is 17.5. The largest absolute Gasteiger partial charge is 0.454 e. The topological polar surface area (TPSA) is 51.2 Å². The Balaban J connectivity index is 1.43. The van der Waals surface area contributed by atoms with Crippen molar-refractivity contribution < 1.29 is 19.0 Å². The van der Waals surface area contributed by atoms with Gasteiger partial charge in [-0.1, -0.05) is 19.4 Å². The normalized spacial score (nSPS) is 33.2. The van der Waals surface area contributed by atoms with E-state index in [1.165, 1.54) is 18.4 Å². The Hall–Kier alpha value is -1.95. The molecule has 146 valence electrons. The molecule has 0 unspecified atom stereocenters. The highest BCUT2D eigenvalue weighted by molar-refractivity contribution is 5.69. The summed E-state index contributed by atoms with van der Waals surface area (Å²) in [6.07, 6.45) is 4.21. The van der Waals surface area contributed by atoms with E-state index in [0.29, 0.717) is 31.3 Å². The van der Waals surface area contributed by atoms with E-state index in [1.807, 2.05) is 11.0 Å². The maximum Gasteiger partial charge on any atom is 0.410 e. The van der Waals surface area contributed by atoms with Crippen LogP contribution in [0.2, 0.25) is 0 Å². The summed E-state index contributed by atoms with van der Waals surface area (Å²) in [5.41, 5.74) is 1.24. The average Bonchev–Trinajstić information content (AvgIpc) is 3.34. The van der Waals surface area contributed by atoms with Crippen LogP contribution in [0.25, 0.3) is 0 Å². The molecule has 1 amide bonds. The van der Waals surface area contributed by atoms with E-state index >= 15 is 0 Å². The minimum absolute atomic E-state index is 0.129. The molecule has 5 heterocycles. The van der Waals surface area contributed by atoms with Gasteiger partial charge in [-0.25, -0.2) is 4.79 Å². The molecular formula is C21H28N2O4. The third-order valence-electron chi connectivity index (χ3n) is 6.78. The van der Waals surface area contributed by atoms with Crippen molar-refractivity contribution in [3.8, 4) is 11.5 Å². The number of hydrogen-bond donors (Lipinski definition) is 0. The van der Waals surface area contributed by atoms with Gasteiger partial charge in [-0.05, 0) is 56.0 Å². The van der Waals surface area contributed by atoms with Gasteiger partial charge in [0.05, 0.1) is 12.6 Å². The van der Waals surface area contributed by atoms with Crippen LogP contribution in [-0.4, -0.2) is 61.0 Å². The number of benzene rings is 1. The Kier molecular flexibility index (Phi) is 4.38. The molecule has 0 saturated carbocycles. The second kappa shape index (κ2) is 6.89. The number of ether oxygens (including phenoxy) is 3. The number of nitrogens with zero attached hydrogens (tertiary/aromatic N) is 2. The second-order valence-corrected chi connectivity index (χ2v) is 8.19. The first-order chi connectivity index (χ1) is 13.3. The van der Waals surface area contributed by atoms with Crippen molar-refractivity contribution in [1.82, 2.24) is 9.80 Å². The quantitative estimate of drug-likeness (QED) is 0.760. The Morgan fingerprint density at radius 3 is 2.81 bits per heavy atom. The molecular weight excluding hydrogens is 344 g/mol. The highest BCUT2D eigenvalue weighted by atomic mass is 16.7. The maximum atomic E-state index is 12.9. The lowest BCUT2D eigenvalue weighted by molar-refractivity contribution is -0.00756. The lowest BCUT2D eigenvalue weighted by Gasteiger charge is -2.50. The molecule has 5 aliphatic rings. The predicted molar refractivity (Wildman–Crippen MR) is 100 cm³/mol. The molecule has 6 nitrogen and oxygen atoms in total. The lowest BCUT2D eigenvalue weighted by Crippen LogP contribution is -2.60. The first kappa shape index (κ1) is 17.2. The monoisotopic (exact) mass is 372 g/mol. The van der Waals surface area contributed by atoms with E-state index in [9.17, 15) is 4.79 Å². The molecule has 1 aromatic carbocycles. The third kappa shape index (κ3) is 2.85. The summed E-state index contributed by atoms with van der Waals surface area (Å²) < 4.78 is 16.7.